The highest BCUT2D eigenvalue weighted by molar-refractivity contribution is 7.13. The van der Waals surface area contributed by atoms with Crippen LogP contribution in [-0.2, 0) is 4.79 Å². The number of hydrazine groups is 1. The number of rotatable bonds is 5. The Morgan fingerprint density at radius 1 is 1.04 bits per heavy atom. The minimum Gasteiger partial charge on any atom is -0.351 e. The number of benzene rings is 1. The van der Waals surface area contributed by atoms with Gasteiger partial charge in [-0.15, -0.1) is 11.3 Å². The molecule has 0 spiro atoms. The van der Waals surface area contributed by atoms with E-state index in [0.29, 0.717) is 10.9 Å². The van der Waals surface area contributed by atoms with Crippen LogP contribution in [0.3, 0.4) is 0 Å². The van der Waals surface area contributed by atoms with Crippen molar-refractivity contribution in [1.29, 1.82) is 0 Å². The first-order valence-corrected chi connectivity index (χ1v) is 8.07. The van der Waals surface area contributed by atoms with Crippen molar-refractivity contribution in [3.8, 4) is 0 Å². The van der Waals surface area contributed by atoms with Crippen molar-refractivity contribution in [3.05, 3.63) is 57.3 Å². The molecular formula is C16H15F2N3O3S. The second kappa shape index (κ2) is 8.34. The number of nitrogens with one attached hydrogen (secondary N) is 3. The van der Waals surface area contributed by atoms with Gasteiger partial charge in [-0.05, 0) is 31.2 Å². The van der Waals surface area contributed by atoms with Crippen LogP contribution < -0.4 is 16.2 Å². The lowest BCUT2D eigenvalue weighted by Gasteiger charge is -2.08. The molecule has 0 unspecified atom stereocenters. The molecule has 0 fully saturated rings. The van der Waals surface area contributed by atoms with Crippen LogP contribution in [0, 0.1) is 18.6 Å². The molecule has 2 aromatic rings. The third kappa shape index (κ3) is 5.35. The topological polar surface area (TPSA) is 87.3 Å². The highest BCUT2D eigenvalue weighted by atomic mass is 32.1. The number of halogens is 2. The molecular weight excluding hydrogens is 352 g/mol. The average Bonchev–Trinajstić information content (AvgIpc) is 2.99. The minimum atomic E-state index is -0.986. The molecule has 1 heterocycles. The van der Waals surface area contributed by atoms with Crippen molar-refractivity contribution < 1.29 is 23.2 Å². The van der Waals surface area contributed by atoms with Gasteiger partial charge in [-0.1, -0.05) is 0 Å². The van der Waals surface area contributed by atoms with Gasteiger partial charge in [0.1, 0.15) is 11.6 Å². The molecule has 0 atom stereocenters. The van der Waals surface area contributed by atoms with E-state index in [1.807, 2.05) is 6.92 Å². The highest BCUT2D eigenvalue weighted by Gasteiger charge is 2.13. The molecule has 0 bridgehead atoms. The number of hydrogen-bond donors (Lipinski definition) is 3. The van der Waals surface area contributed by atoms with Gasteiger partial charge in [0.2, 0.25) is 5.91 Å². The number of thiophene rings is 1. The number of carbonyl (C=O) groups excluding carboxylic acids is 3. The van der Waals surface area contributed by atoms with Gasteiger partial charge >= 0.3 is 0 Å². The summed E-state index contributed by atoms with van der Waals surface area (Å²) in [5.41, 5.74) is 4.15. The Bertz CT molecular complexity index is 808. The second-order valence-electron chi connectivity index (χ2n) is 5.04. The Hall–Kier alpha value is -2.81. The maximum atomic E-state index is 13.4. The summed E-state index contributed by atoms with van der Waals surface area (Å²) in [7, 11) is 0. The van der Waals surface area contributed by atoms with Crippen LogP contribution >= 0.6 is 11.3 Å². The molecule has 0 aliphatic heterocycles. The van der Waals surface area contributed by atoms with Crippen molar-refractivity contribution in [3.63, 3.8) is 0 Å². The molecule has 0 aliphatic rings. The molecule has 132 valence electrons. The maximum Gasteiger partial charge on any atom is 0.279 e. The summed E-state index contributed by atoms with van der Waals surface area (Å²) in [4.78, 5) is 36.5. The molecule has 3 N–H and O–H groups in total. The van der Waals surface area contributed by atoms with E-state index in [9.17, 15) is 23.2 Å². The first kappa shape index (κ1) is 18.5. The van der Waals surface area contributed by atoms with E-state index < -0.39 is 29.4 Å². The molecule has 25 heavy (non-hydrogen) atoms. The standard InChI is InChI=1S/C16H15F2N3O3S/c1-9-2-5-13(25-9)16(24)21-20-14(22)6-7-19-15(23)11-4-3-10(17)8-12(11)18/h2-5,8H,6-7H2,1H3,(H,19,23)(H,20,22)(H,21,24). The van der Waals surface area contributed by atoms with Crippen LogP contribution in [0.1, 0.15) is 31.3 Å². The van der Waals surface area contributed by atoms with Gasteiger partial charge in [-0.3, -0.25) is 25.2 Å². The van der Waals surface area contributed by atoms with Gasteiger partial charge in [0.05, 0.1) is 10.4 Å². The summed E-state index contributed by atoms with van der Waals surface area (Å²) in [6, 6.07) is 6.00. The fraction of sp³-hybridized carbons (Fsp3) is 0.188. The lowest BCUT2D eigenvalue weighted by atomic mass is 10.2. The number of carbonyl (C=O) groups is 3. The van der Waals surface area contributed by atoms with E-state index in [4.69, 9.17) is 0 Å². The van der Waals surface area contributed by atoms with Gasteiger partial charge in [-0.2, -0.15) is 0 Å². The average molecular weight is 367 g/mol. The van der Waals surface area contributed by atoms with Crippen LogP contribution in [0.15, 0.2) is 30.3 Å². The molecule has 0 saturated heterocycles. The maximum absolute atomic E-state index is 13.4. The van der Waals surface area contributed by atoms with Gasteiger partial charge in [0.15, 0.2) is 0 Å². The van der Waals surface area contributed by atoms with Crippen molar-refractivity contribution in [2.45, 2.75) is 13.3 Å². The third-order valence-corrected chi connectivity index (χ3v) is 4.09. The summed E-state index contributed by atoms with van der Waals surface area (Å²) < 4.78 is 26.2. The molecule has 1 aromatic carbocycles. The molecule has 1 aromatic heterocycles. The Balaban J connectivity index is 1.73. The quantitative estimate of drug-likeness (QED) is 0.706. The SMILES string of the molecule is Cc1ccc(C(=O)NNC(=O)CCNC(=O)c2ccc(F)cc2F)s1. The van der Waals surface area contributed by atoms with E-state index in [2.05, 4.69) is 16.2 Å². The summed E-state index contributed by atoms with van der Waals surface area (Å²) in [5, 5.41) is 2.34. The van der Waals surface area contributed by atoms with Crippen LogP contribution in [0.4, 0.5) is 8.78 Å². The summed E-state index contributed by atoms with van der Waals surface area (Å²) in [6.45, 7) is 1.78. The normalized spacial score (nSPS) is 10.2. The number of amides is 3. The Morgan fingerprint density at radius 3 is 2.44 bits per heavy atom. The first-order chi connectivity index (χ1) is 11.9. The summed E-state index contributed by atoms with van der Waals surface area (Å²) in [5.74, 6) is -3.50. The fourth-order valence-corrected chi connectivity index (χ4v) is 2.63. The molecule has 0 radical (unpaired) electrons. The van der Waals surface area contributed by atoms with Crippen LogP contribution in [-0.4, -0.2) is 24.3 Å². The fourth-order valence-electron chi connectivity index (χ4n) is 1.87. The highest BCUT2D eigenvalue weighted by Crippen LogP contribution is 2.14. The van der Waals surface area contributed by atoms with E-state index in [-0.39, 0.29) is 18.5 Å². The molecule has 9 heteroatoms. The third-order valence-electron chi connectivity index (χ3n) is 3.09. The van der Waals surface area contributed by atoms with E-state index in [0.717, 1.165) is 17.0 Å². The second-order valence-corrected chi connectivity index (χ2v) is 6.33. The van der Waals surface area contributed by atoms with E-state index >= 15 is 0 Å². The predicted octanol–water partition coefficient (Wildman–Crippen LogP) is 1.92. The minimum absolute atomic E-state index is 0.0739. The summed E-state index contributed by atoms with van der Waals surface area (Å²) >= 11 is 1.29. The van der Waals surface area contributed by atoms with Crippen molar-refractivity contribution >= 4 is 29.1 Å². The molecule has 0 aliphatic carbocycles. The Kier molecular flexibility index (Phi) is 6.18. The van der Waals surface area contributed by atoms with Crippen LogP contribution in [0.2, 0.25) is 0 Å². The van der Waals surface area contributed by atoms with Crippen LogP contribution in [0.5, 0.6) is 0 Å². The largest absolute Gasteiger partial charge is 0.351 e. The lowest BCUT2D eigenvalue weighted by Crippen LogP contribution is -2.42. The zero-order valence-corrected chi connectivity index (χ0v) is 14.0. The predicted molar refractivity (Wildman–Crippen MR) is 88.0 cm³/mol. The molecule has 0 saturated carbocycles. The van der Waals surface area contributed by atoms with Gasteiger partial charge < -0.3 is 5.32 Å². The number of aryl methyl sites for hydroxylation is 1. The van der Waals surface area contributed by atoms with E-state index in [1.54, 1.807) is 12.1 Å². The lowest BCUT2D eigenvalue weighted by molar-refractivity contribution is -0.121. The number of hydrogen-bond acceptors (Lipinski definition) is 4. The van der Waals surface area contributed by atoms with Crippen molar-refractivity contribution in [2.75, 3.05) is 6.54 Å². The van der Waals surface area contributed by atoms with Gasteiger partial charge in [-0.25, -0.2) is 8.78 Å². The Labute approximate surface area is 146 Å². The smallest absolute Gasteiger partial charge is 0.279 e. The Morgan fingerprint density at radius 2 is 1.80 bits per heavy atom. The molecule has 6 nitrogen and oxygen atoms in total. The van der Waals surface area contributed by atoms with Gasteiger partial charge in [0.25, 0.3) is 11.8 Å². The zero-order chi connectivity index (χ0) is 18.4. The van der Waals surface area contributed by atoms with Crippen LogP contribution in [0.25, 0.3) is 0 Å². The van der Waals surface area contributed by atoms with Crippen molar-refractivity contribution in [1.82, 2.24) is 16.2 Å². The summed E-state index contributed by atoms with van der Waals surface area (Å²) in [6.07, 6.45) is -0.127. The zero-order valence-electron chi connectivity index (χ0n) is 13.2. The van der Waals surface area contributed by atoms with E-state index in [1.165, 1.54) is 11.3 Å². The van der Waals surface area contributed by atoms with Gasteiger partial charge in [0, 0.05) is 23.9 Å². The molecule has 2 rings (SSSR count). The van der Waals surface area contributed by atoms with Crippen molar-refractivity contribution in [2.24, 2.45) is 0 Å². The molecule has 3 amide bonds. The first-order valence-electron chi connectivity index (χ1n) is 7.25. The monoisotopic (exact) mass is 367 g/mol.